The number of carboxylic acid groups (broad SMARTS) is 1. The SMILES string of the molecule is CO[C@H](C)[C@H](NC(=O)c1cnn(C)c1NC(=O)OCC1c2ccccc2-c2ccccc21)C(=O)O. The number of carbonyl (C=O) groups is 3. The highest BCUT2D eigenvalue weighted by Crippen LogP contribution is 2.44. The molecule has 2 atom stereocenters. The molecular formula is C25H26N4O6. The van der Waals surface area contributed by atoms with Crippen molar-refractivity contribution in [1.29, 1.82) is 0 Å². The normalized spacial score (nSPS) is 13.9. The zero-order valence-electron chi connectivity index (χ0n) is 19.5. The van der Waals surface area contributed by atoms with Crippen molar-refractivity contribution in [3.63, 3.8) is 0 Å². The molecule has 3 N–H and O–H groups in total. The number of benzene rings is 2. The number of carboxylic acids is 1. The van der Waals surface area contributed by atoms with E-state index in [1.165, 1.54) is 24.9 Å². The van der Waals surface area contributed by atoms with Gasteiger partial charge < -0.3 is 19.9 Å². The minimum absolute atomic E-state index is 0.00411. The molecule has 0 saturated carbocycles. The first-order valence-electron chi connectivity index (χ1n) is 11.0. The Labute approximate surface area is 201 Å². The van der Waals surface area contributed by atoms with Crippen LogP contribution in [0, 0.1) is 0 Å². The van der Waals surface area contributed by atoms with Crippen LogP contribution in [0.3, 0.4) is 0 Å². The summed E-state index contributed by atoms with van der Waals surface area (Å²) in [6.07, 6.45) is -0.290. The van der Waals surface area contributed by atoms with Crippen LogP contribution in [0.5, 0.6) is 0 Å². The molecule has 4 rings (SSSR count). The van der Waals surface area contributed by atoms with Gasteiger partial charge in [-0.15, -0.1) is 0 Å². The van der Waals surface area contributed by atoms with E-state index in [9.17, 15) is 19.5 Å². The fourth-order valence-electron chi connectivity index (χ4n) is 4.22. The summed E-state index contributed by atoms with van der Waals surface area (Å²) in [5, 5.41) is 18.4. The number of amides is 2. The van der Waals surface area contributed by atoms with Crippen LogP contribution in [0.4, 0.5) is 10.6 Å². The lowest BCUT2D eigenvalue weighted by atomic mass is 9.98. The number of nitrogens with one attached hydrogen (secondary N) is 2. The van der Waals surface area contributed by atoms with Crippen molar-refractivity contribution in [2.75, 3.05) is 19.0 Å². The molecule has 0 unspecified atom stereocenters. The molecule has 0 bridgehead atoms. The number of nitrogens with zero attached hydrogens (tertiary/aromatic N) is 2. The molecule has 1 heterocycles. The van der Waals surface area contributed by atoms with E-state index < -0.39 is 30.1 Å². The third-order valence-electron chi connectivity index (χ3n) is 6.14. The van der Waals surface area contributed by atoms with Gasteiger partial charge in [-0.3, -0.25) is 14.8 Å². The van der Waals surface area contributed by atoms with E-state index in [0.29, 0.717) is 0 Å². The number of methoxy groups -OCH3 is 1. The molecule has 2 aromatic carbocycles. The van der Waals surface area contributed by atoms with Gasteiger partial charge in [0.15, 0.2) is 6.04 Å². The predicted octanol–water partition coefficient (Wildman–Crippen LogP) is 3.00. The predicted molar refractivity (Wildman–Crippen MR) is 127 cm³/mol. The van der Waals surface area contributed by atoms with E-state index in [-0.39, 0.29) is 23.9 Å². The summed E-state index contributed by atoms with van der Waals surface area (Å²) in [4.78, 5) is 37.0. The van der Waals surface area contributed by atoms with Gasteiger partial charge in [0.2, 0.25) is 0 Å². The molecular weight excluding hydrogens is 452 g/mol. The first-order chi connectivity index (χ1) is 16.8. The summed E-state index contributed by atoms with van der Waals surface area (Å²) in [5.74, 6) is -2.01. The maximum atomic E-state index is 12.8. The molecule has 0 fully saturated rings. The number of aliphatic carboxylic acids is 1. The first kappa shape index (κ1) is 24.0. The van der Waals surface area contributed by atoms with Crippen LogP contribution in [0.2, 0.25) is 0 Å². The Hall–Kier alpha value is -4.18. The molecule has 2 amide bonds. The standard InChI is InChI=1S/C25H26N4O6/c1-14(34-3)21(24(31)32)27-23(30)19-12-26-29(2)22(19)28-25(33)35-13-20-17-10-6-4-8-15(17)16-9-5-7-11-18(16)20/h4-12,14,20-21H,13H2,1-3H3,(H,27,30)(H,28,33)(H,31,32)/t14-,21+/m1/s1. The van der Waals surface area contributed by atoms with E-state index >= 15 is 0 Å². The highest BCUT2D eigenvalue weighted by molar-refractivity contribution is 6.03. The second-order valence-electron chi connectivity index (χ2n) is 8.21. The van der Waals surface area contributed by atoms with Crippen molar-refractivity contribution < 1.29 is 29.0 Å². The van der Waals surface area contributed by atoms with E-state index in [2.05, 4.69) is 15.7 Å². The van der Waals surface area contributed by atoms with Crippen molar-refractivity contribution in [3.05, 3.63) is 71.4 Å². The molecule has 1 aliphatic rings. The lowest BCUT2D eigenvalue weighted by Crippen LogP contribution is -2.48. The van der Waals surface area contributed by atoms with Crippen molar-refractivity contribution >= 4 is 23.8 Å². The molecule has 0 spiro atoms. The maximum Gasteiger partial charge on any atom is 0.412 e. The largest absolute Gasteiger partial charge is 0.480 e. The molecule has 10 heteroatoms. The number of rotatable bonds is 8. The number of hydrogen-bond acceptors (Lipinski definition) is 6. The number of hydrogen-bond donors (Lipinski definition) is 3. The number of aromatic nitrogens is 2. The summed E-state index contributed by atoms with van der Waals surface area (Å²) < 4.78 is 11.9. The van der Waals surface area contributed by atoms with E-state index in [1.807, 2.05) is 48.5 Å². The zero-order chi connectivity index (χ0) is 25.1. The fraction of sp³-hybridized carbons (Fsp3) is 0.280. The van der Waals surface area contributed by atoms with E-state index in [4.69, 9.17) is 9.47 Å². The van der Waals surface area contributed by atoms with Crippen molar-refractivity contribution in [2.45, 2.75) is 25.0 Å². The van der Waals surface area contributed by atoms with Gasteiger partial charge in [-0.1, -0.05) is 48.5 Å². The summed E-state index contributed by atoms with van der Waals surface area (Å²) in [6, 6.07) is 14.7. The molecule has 1 aliphatic carbocycles. The summed E-state index contributed by atoms with van der Waals surface area (Å²) in [5.41, 5.74) is 4.38. The molecule has 0 radical (unpaired) electrons. The lowest BCUT2D eigenvalue weighted by Gasteiger charge is -2.20. The number of fused-ring (bicyclic) bond motifs is 3. The highest BCUT2D eigenvalue weighted by Gasteiger charge is 2.31. The third-order valence-corrected chi connectivity index (χ3v) is 6.14. The van der Waals surface area contributed by atoms with Gasteiger partial charge in [-0.2, -0.15) is 5.10 Å². The van der Waals surface area contributed by atoms with Crippen molar-refractivity contribution in [2.24, 2.45) is 7.05 Å². The highest BCUT2D eigenvalue weighted by atomic mass is 16.5. The van der Waals surface area contributed by atoms with Crippen LogP contribution in [-0.2, 0) is 21.3 Å². The van der Waals surface area contributed by atoms with E-state index in [0.717, 1.165) is 22.3 Å². The number of aryl methyl sites for hydroxylation is 1. The Balaban J connectivity index is 1.46. The maximum absolute atomic E-state index is 12.8. The molecule has 0 aliphatic heterocycles. The van der Waals surface area contributed by atoms with Gasteiger partial charge in [0.1, 0.15) is 18.0 Å². The molecule has 1 aromatic heterocycles. The van der Waals surface area contributed by atoms with Gasteiger partial charge in [0.25, 0.3) is 5.91 Å². The summed E-state index contributed by atoms with van der Waals surface area (Å²) >= 11 is 0. The van der Waals surface area contributed by atoms with Gasteiger partial charge in [0.05, 0.1) is 12.3 Å². The van der Waals surface area contributed by atoms with Gasteiger partial charge in [0, 0.05) is 20.1 Å². The Kier molecular flexibility index (Phi) is 6.83. The van der Waals surface area contributed by atoms with E-state index in [1.54, 1.807) is 7.05 Å². The fourth-order valence-corrected chi connectivity index (χ4v) is 4.22. The lowest BCUT2D eigenvalue weighted by molar-refractivity contribution is -0.142. The Morgan fingerprint density at radius 1 is 1.09 bits per heavy atom. The Bertz CT molecular complexity index is 1220. The number of anilines is 1. The van der Waals surface area contributed by atoms with Crippen molar-refractivity contribution in [3.8, 4) is 11.1 Å². The monoisotopic (exact) mass is 478 g/mol. The number of ether oxygens (including phenoxy) is 2. The molecule has 10 nitrogen and oxygen atoms in total. The van der Waals surface area contributed by atoms with Gasteiger partial charge in [-0.05, 0) is 29.2 Å². The summed E-state index contributed by atoms with van der Waals surface area (Å²) in [7, 11) is 2.89. The average molecular weight is 479 g/mol. The first-order valence-corrected chi connectivity index (χ1v) is 11.0. The Morgan fingerprint density at radius 3 is 2.26 bits per heavy atom. The smallest absolute Gasteiger partial charge is 0.412 e. The molecule has 182 valence electrons. The van der Waals surface area contributed by atoms with Crippen LogP contribution >= 0.6 is 0 Å². The molecule has 3 aromatic rings. The second kappa shape index (κ2) is 9.98. The number of carbonyl (C=O) groups excluding carboxylic acids is 2. The minimum atomic E-state index is -1.28. The van der Waals surface area contributed by atoms with Gasteiger partial charge >= 0.3 is 12.1 Å². The van der Waals surface area contributed by atoms with Crippen LogP contribution < -0.4 is 10.6 Å². The van der Waals surface area contributed by atoms with Crippen LogP contribution in [0.1, 0.15) is 34.3 Å². The quantitative estimate of drug-likeness (QED) is 0.453. The minimum Gasteiger partial charge on any atom is -0.480 e. The van der Waals surface area contributed by atoms with Gasteiger partial charge in [-0.25, -0.2) is 9.59 Å². The Morgan fingerprint density at radius 2 is 1.69 bits per heavy atom. The summed E-state index contributed by atoms with van der Waals surface area (Å²) in [6.45, 7) is 1.63. The van der Waals surface area contributed by atoms with Crippen LogP contribution in [0.25, 0.3) is 11.1 Å². The third kappa shape index (κ3) is 4.73. The average Bonchev–Trinajstić information content (AvgIpc) is 3.38. The molecule has 35 heavy (non-hydrogen) atoms. The zero-order valence-corrected chi connectivity index (χ0v) is 19.5. The van der Waals surface area contributed by atoms with Crippen LogP contribution in [0.15, 0.2) is 54.7 Å². The molecule has 0 saturated heterocycles. The van der Waals surface area contributed by atoms with Crippen LogP contribution in [-0.4, -0.2) is 58.7 Å². The second-order valence-corrected chi connectivity index (χ2v) is 8.21. The topological polar surface area (TPSA) is 132 Å². The van der Waals surface area contributed by atoms with Crippen molar-refractivity contribution in [1.82, 2.24) is 15.1 Å².